The second-order valence-electron chi connectivity index (χ2n) is 5.14. The van der Waals surface area contributed by atoms with E-state index in [9.17, 15) is 12.9 Å². The number of rotatable bonds is 4. The van der Waals surface area contributed by atoms with Gasteiger partial charge in [-0.15, -0.1) is 0 Å². The summed E-state index contributed by atoms with van der Waals surface area (Å²) in [6, 6.07) is 1.06. The van der Waals surface area contributed by atoms with Gasteiger partial charge in [-0.1, -0.05) is 18.8 Å². The predicted octanol–water partition coefficient (Wildman–Crippen LogP) is 0.488. The maximum absolute atomic E-state index is 12.7. The summed E-state index contributed by atoms with van der Waals surface area (Å²) in [6.45, 7) is -2.92. The predicted molar refractivity (Wildman–Crippen MR) is 69.6 cm³/mol. The van der Waals surface area contributed by atoms with E-state index in [2.05, 4.69) is 11.9 Å². The van der Waals surface area contributed by atoms with Crippen molar-refractivity contribution in [3.8, 4) is 5.75 Å². The Morgan fingerprint density at radius 1 is 1.25 bits per heavy atom. The molecule has 1 aliphatic rings. The van der Waals surface area contributed by atoms with E-state index in [0.717, 1.165) is 37.9 Å². The molecule has 2 nitrogen and oxygen atoms in total. The Labute approximate surface area is 160 Å². The van der Waals surface area contributed by atoms with Gasteiger partial charge in [0.2, 0.25) is 0 Å². The van der Waals surface area contributed by atoms with Crippen LogP contribution in [0.3, 0.4) is 0 Å². The van der Waals surface area contributed by atoms with E-state index in [4.69, 9.17) is 4.74 Å². The SMILES string of the molecule is CCC1CCCCC1Oc1cncc([B-](F)(F)F)c1.[K+]. The molecule has 0 radical (unpaired) electrons. The van der Waals surface area contributed by atoms with Gasteiger partial charge in [-0.3, -0.25) is 4.98 Å². The summed E-state index contributed by atoms with van der Waals surface area (Å²) in [6.07, 6.45) is 7.52. The maximum Gasteiger partial charge on any atom is 1.00 e. The molecule has 2 unspecified atom stereocenters. The van der Waals surface area contributed by atoms with E-state index in [-0.39, 0.29) is 63.2 Å². The Balaban J connectivity index is 0.00000200. The van der Waals surface area contributed by atoms with Crippen molar-refractivity contribution in [2.45, 2.75) is 45.1 Å². The van der Waals surface area contributed by atoms with Crippen LogP contribution < -0.4 is 61.6 Å². The first-order chi connectivity index (χ1) is 9.00. The average Bonchev–Trinajstić information content (AvgIpc) is 2.39. The number of aromatic nitrogens is 1. The molecule has 1 fully saturated rings. The zero-order valence-electron chi connectivity index (χ0n) is 12.0. The normalized spacial score (nSPS) is 23.0. The third kappa shape index (κ3) is 5.02. The van der Waals surface area contributed by atoms with Crippen molar-refractivity contribution in [2.75, 3.05) is 0 Å². The first kappa shape index (κ1) is 18.5. The van der Waals surface area contributed by atoms with Gasteiger partial charge in [-0.25, -0.2) is 0 Å². The Morgan fingerprint density at radius 2 is 1.95 bits per heavy atom. The van der Waals surface area contributed by atoms with Crippen LogP contribution >= 0.6 is 0 Å². The molecule has 1 heterocycles. The molecule has 7 heteroatoms. The fraction of sp³-hybridized carbons (Fsp3) is 0.615. The maximum atomic E-state index is 12.7. The first-order valence-corrected chi connectivity index (χ1v) is 6.82. The molecule has 0 spiro atoms. The van der Waals surface area contributed by atoms with E-state index in [1.807, 2.05) is 0 Å². The summed E-state index contributed by atoms with van der Waals surface area (Å²) in [5.41, 5.74) is -0.693. The van der Waals surface area contributed by atoms with Crippen LogP contribution in [-0.4, -0.2) is 18.1 Å². The Bertz CT molecular complexity index is 430. The van der Waals surface area contributed by atoms with Gasteiger partial charge in [-0.05, 0) is 37.7 Å². The zero-order valence-corrected chi connectivity index (χ0v) is 15.1. The van der Waals surface area contributed by atoms with Crippen LogP contribution in [0.5, 0.6) is 5.75 Å². The topological polar surface area (TPSA) is 22.1 Å². The largest absolute Gasteiger partial charge is 1.00 e. The smallest absolute Gasteiger partial charge is 0.489 e. The molecule has 106 valence electrons. The number of halogens is 3. The van der Waals surface area contributed by atoms with Crippen LogP contribution in [-0.2, 0) is 0 Å². The first-order valence-electron chi connectivity index (χ1n) is 6.82. The van der Waals surface area contributed by atoms with Gasteiger partial charge >= 0.3 is 58.4 Å². The summed E-state index contributed by atoms with van der Waals surface area (Å²) in [5.74, 6) is 0.677. The summed E-state index contributed by atoms with van der Waals surface area (Å²) in [4.78, 5) is 3.64. The minimum absolute atomic E-state index is 0. The minimum atomic E-state index is -5.01. The van der Waals surface area contributed by atoms with Gasteiger partial charge in [0.1, 0.15) is 11.9 Å². The van der Waals surface area contributed by atoms with Gasteiger partial charge in [0.25, 0.3) is 0 Å². The molecule has 0 bridgehead atoms. The molecule has 20 heavy (non-hydrogen) atoms. The molecular weight excluding hydrogens is 293 g/mol. The Kier molecular flexibility index (Phi) is 7.56. The molecule has 1 aliphatic carbocycles. The van der Waals surface area contributed by atoms with Crippen molar-refractivity contribution in [1.29, 1.82) is 0 Å². The van der Waals surface area contributed by atoms with Gasteiger partial charge in [-0.2, -0.15) is 0 Å². The molecule has 0 amide bonds. The van der Waals surface area contributed by atoms with E-state index >= 15 is 0 Å². The van der Waals surface area contributed by atoms with E-state index in [1.165, 1.54) is 12.6 Å². The second-order valence-corrected chi connectivity index (χ2v) is 5.14. The van der Waals surface area contributed by atoms with Gasteiger partial charge in [0.15, 0.2) is 0 Å². The summed E-state index contributed by atoms with van der Waals surface area (Å²) < 4.78 is 43.7. The van der Waals surface area contributed by atoms with Crippen molar-refractivity contribution >= 4 is 12.4 Å². The van der Waals surface area contributed by atoms with Crippen LogP contribution in [0, 0.1) is 5.92 Å². The van der Waals surface area contributed by atoms with Gasteiger partial charge < -0.3 is 17.7 Å². The third-order valence-electron chi connectivity index (χ3n) is 3.76. The van der Waals surface area contributed by atoms with Crippen molar-refractivity contribution in [2.24, 2.45) is 5.92 Å². The van der Waals surface area contributed by atoms with Crippen LogP contribution in [0.25, 0.3) is 0 Å². The fourth-order valence-corrected chi connectivity index (χ4v) is 2.65. The molecule has 0 aromatic carbocycles. The van der Waals surface area contributed by atoms with Crippen molar-refractivity contribution in [3.05, 3.63) is 18.5 Å². The Morgan fingerprint density at radius 3 is 2.60 bits per heavy atom. The monoisotopic (exact) mass is 311 g/mol. The standard InChI is InChI=1S/C13H18BF3NO.K/c1-2-10-5-3-4-6-13(10)19-12-7-11(8-18-9-12)14(15,16)17;/h7-10,13H,2-6H2,1H3;/q-1;+1. The molecule has 0 aliphatic heterocycles. The minimum Gasteiger partial charge on any atom is -0.489 e. The number of hydrogen-bond donors (Lipinski definition) is 0. The van der Waals surface area contributed by atoms with E-state index in [0.29, 0.717) is 5.92 Å². The summed E-state index contributed by atoms with van der Waals surface area (Å²) in [5, 5.41) is 0. The second kappa shape index (κ2) is 8.17. The molecule has 0 N–H and O–H groups in total. The van der Waals surface area contributed by atoms with Gasteiger partial charge in [0.05, 0.1) is 6.20 Å². The molecule has 0 saturated heterocycles. The van der Waals surface area contributed by atoms with E-state index < -0.39 is 12.4 Å². The zero-order chi connectivity index (χ0) is 13.9. The fourth-order valence-electron chi connectivity index (χ4n) is 2.65. The van der Waals surface area contributed by atoms with Crippen molar-refractivity contribution in [1.82, 2.24) is 4.98 Å². The average molecular weight is 311 g/mol. The molecule has 2 rings (SSSR count). The number of pyridine rings is 1. The van der Waals surface area contributed by atoms with Crippen molar-refractivity contribution in [3.63, 3.8) is 0 Å². The summed E-state index contributed by atoms with van der Waals surface area (Å²) in [7, 11) is 0. The van der Waals surface area contributed by atoms with Gasteiger partial charge in [0, 0.05) is 6.20 Å². The van der Waals surface area contributed by atoms with Crippen LogP contribution in [0.4, 0.5) is 12.9 Å². The van der Waals surface area contributed by atoms with Crippen LogP contribution in [0.15, 0.2) is 18.5 Å². The summed E-state index contributed by atoms with van der Waals surface area (Å²) >= 11 is 0. The molecule has 1 aromatic rings. The Hall–Kier alpha value is 0.441. The molecule has 2 atom stereocenters. The molecule has 1 saturated carbocycles. The third-order valence-corrected chi connectivity index (χ3v) is 3.76. The number of ether oxygens (including phenoxy) is 1. The van der Waals surface area contributed by atoms with Crippen LogP contribution in [0.2, 0.25) is 0 Å². The van der Waals surface area contributed by atoms with Crippen LogP contribution in [0.1, 0.15) is 39.0 Å². The number of nitrogens with zero attached hydrogens (tertiary/aromatic N) is 1. The quantitative estimate of drug-likeness (QED) is 0.755. The van der Waals surface area contributed by atoms with E-state index in [1.54, 1.807) is 0 Å². The number of hydrogen-bond acceptors (Lipinski definition) is 2. The van der Waals surface area contributed by atoms with Crippen molar-refractivity contribution < 1.29 is 69.1 Å². The molecular formula is C13H18BF3KNO. The molecule has 1 aromatic heterocycles.